The van der Waals surface area contributed by atoms with Crippen LogP contribution in [-0.2, 0) is 5.41 Å². The van der Waals surface area contributed by atoms with Gasteiger partial charge in [-0.3, -0.25) is 4.90 Å². The van der Waals surface area contributed by atoms with Crippen molar-refractivity contribution in [2.75, 3.05) is 9.91 Å². The average molecular weight is 494 g/mol. The molecule has 1 saturated carbocycles. The number of hydrazone groups is 1. The number of nitrogens with zero attached hydrogens (tertiary/aromatic N) is 3. The molecule has 1 aliphatic carbocycles. The Morgan fingerprint density at radius 3 is 2.19 bits per heavy atom. The van der Waals surface area contributed by atoms with Crippen LogP contribution in [-0.4, -0.2) is 12.0 Å². The Morgan fingerprint density at radius 1 is 0.784 bits per heavy atom. The maximum Gasteiger partial charge on any atom is 0.163 e. The van der Waals surface area contributed by atoms with Crippen molar-refractivity contribution in [3.05, 3.63) is 82.9 Å². The molecule has 1 atom stereocenters. The molecule has 0 N–H and O–H groups in total. The van der Waals surface area contributed by atoms with Gasteiger partial charge in [-0.2, -0.15) is 5.10 Å². The van der Waals surface area contributed by atoms with Gasteiger partial charge in [0.15, 0.2) is 5.84 Å². The minimum absolute atomic E-state index is 0.0502. The van der Waals surface area contributed by atoms with E-state index in [0.29, 0.717) is 5.92 Å². The van der Waals surface area contributed by atoms with Gasteiger partial charge in [0.25, 0.3) is 0 Å². The number of para-hydroxylation sites is 1. The standard InChI is InChI=1S/C30H31N3.2C2H6/c1-19-16-24-23-15-14-21(20-10-6-4-7-11-20)18-25(23)28-31-33(22-12-8-5-9-13-22)29-30(2,3)26(17-19)27(24)32(28)29;2*1-2/h5,8-9,12-18,20,29H,4,6-7,10-11H2,1-3H3;2*1-2H3. The summed E-state index contributed by atoms with van der Waals surface area (Å²) in [5.74, 6) is 1.82. The van der Waals surface area contributed by atoms with E-state index in [-0.39, 0.29) is 11.6 Å². The highest BCUT2D eigenvalue weighted by molar-refractivity contribution is 6.22. The summed E-state index contributed by atoms with van der Waals surface area (Å²) in [5, 5.41) is 7.60. The summed E-state index contributed by atoms with van der Waals surface area (Å²) >= 11 is 0. The molecule has 0 saturated heterocycles. The molecule has 3 heteroatoms. The van der Waals surface area contributed by atoms with Crippen LogP contribution in [0.3, 0.4) is 0 Å². The number of hydrogen-bond donors (Lipinski definition) is 0. The van der Waals surface area contributed by atoms with Gasteiger partial charge >= 0.3 is 0 Å². The van der Waals surface area contributed by atoms with Crippen LogP contribution in [0.1, 0.15) is 102 Å². The van der Waals surface area contributed by atoms with E-state index >= 15 is 0 Å². The van der Waals surface area contributed by atoms with Crippen molar-refractivity contribution in [1.29, 1.82) is 0 Å². The minimum atomic E-state index is -0.0502. The SMILES string of the molecule is CC.CC.Cc1cc2c3c(c1)C(C)(C)C1N(c4ccccc4)N=C(c4cc(C5CCCCC5)ccc4-2)N31. The van der Waals surface area contributed by atoms with Gasteiger partial charge in [0.2, 0.25) is 0 Å². The number of amidine groups is 1. The molecule has 0 radical (unpaired) electrons. The zero-order valence-corrected chi connectivity index (χ0v) is 23.8. The van der Waals surface area contributed by atoms with Crippen molar-refractivity contribution < 1.29 is 0 Å². The van der Waals surface area contributed by atoms with E-state index in [1.165, 1.54) is 71.2 Å². The topological polar surface area (TPSA) is 18.8 Å². The lowest BCUT2D eigenvalue weighted by Crippen LogP contribution is -2.49. The Morgan fingerprint density at radius 2 is 1.49 bits per heavy atom. The predicted octanol–water partition coefficient (Wildman–Crippen LogP) is 9.38. The smallest absolute Gasteiger partial charge is 0.163 e. The van der Waals surface area contributed by atoms with Gasteiger partial charge in [0.05, 0.1) is 11.4 Å². The fourth-order valence-electron chi connectivity index (χ4n) is 6.80. The Hall–Kier alpha value is -3.07. The molecular formula is C34H43N3. The Bertz CT molecular complexity index is 1300. The monoisotopic (exact) mass is 493 g/mol. The van der Waals surface area contributed by atoms with Crippen LogP contribution in [0.15, 0.2) is 65.8 Å². The highest BCUT2D eigenvalue weighted by atomic mass is 15.6. The molecule has 7 rings (SSSR count). The van der Waals surface area contributed by atoms with Crippen molar-refractivity contribution in [3.8, 4) is 11.1 Å². The van der Waals surface area contributed by atoms with Gasteiger partial charge in [-0.1, -0.05) is 103 Å². The summed E-state index contributed by atoms with van der Waals surface area (Å²) in [7, 11) is 0. The van der Waals surface area contributed by atoms with Crippen molar-refractivity contribution >= 4 is 17.2 Å². The summed E-state index contributed by atoms with van der Waals surface area (Å²) < 4.78 is 0. The van der Waals surface area contributed by atoms with Crippen LogP contribution in [0.25, 0.3) is 11.1 Å². The average Bonchev–Trinajstić information content (AvgIpc) is 3.47. The lowest BCUT2D eigenvalue weighted by atomic mass is 9.80. The van der Waals surface area contributed by atoms with Gasteiger partial charge in [-0.05, 0) is 66.6 Å². The molecule has 1 unspecified atom stereocenters. The van der Waals surface area contributed by atoms with E-state index in [0.717, 1.165) is 11.5 Å². The number of fused-ring (bicyclic) bond motifs is 3. The first-order valence-electron chi connectivity index (χ1n) is 14.6. The van der Waals surface area contributed by atoms with Crippen molar-refractivity contribution in [2.24, 2.45) is 5.10 Å². The highest BCUT2D eigenvalue weighted by Crippen LogP contribution is 2.57. The van der Waals surface area contributed by atoms with Gasteiger partial charge in [0.1, 0.15) is 6.17 Å². The molecule has 0 bridgehead atoms. The maximum atomic E-state index is 5.33. The summed E-state index contributed by atoms with van der Waals surface area (Å²) in [6, 6.07) is 22.8. The van der Waals surface area contributed by atoms with E-state index < -0.39 is 0 Å². The van der Waals surface area contributed by atoms with E-state index in [1.807, 2.05) is 27.7 Å². The molecular weight excluding hydrogens is 450 g/mol. The highest BCUT2D eigenvalue weighted by Gasteiger charge is 2.56. The zero-order chi connectivity index (χ0) is 26.3. The molecule has 4 aliphatic rings. The van der Waals surface area contributed by atoms with Crippen molar-refractivity contribution in [3.63, 3.8) is 0 Å². The molecule has 3 aromatic rings. The lowest BCUT2D eigenvalue weighted by molar-refractivity contribution is 0.437. The zero-order valence-electron chi connectivity index (χ0n) is 23.8. The fraction of sp³-hybridized carbons (Fsp3) is 0.441. The van der Waals surface area contributed by atoms with Crippen LogP contribution < -0.4 is 9.91 Å². The van der Waals surface area contributed by atoms with Crippen molar-refractivity contribution in [1.82, 2.24) is 0 Å². The van der Waals surface area contributed by atoms with Gasteiger partial charge < -0.3 is 0 Å². The van der Waals surface area contributed by atoms with Crippen LogP contribution in [0.5, 0.6) is 0 Å². The number of anilines is 2. The number of rotatable bonds is 2. The van der Waals surface area contributed by atoms with Crippen LogP contribution in [0.2, 0.25) is 0 Å². The molecule has 0 aromatic heterocycles. The Balaban J connectivity index is 0.000000670. The molecule has 3 aliphatic heterocycles. The summed E-state index contributed by atoms with van der Waals surface area (Å²) in [6.45, 7) is 15.0. The van der Waals surface area contributed by atoms with E-state index in [1.54, 1.807) is 0 Å². The molecule has 0 amide bonds. The second-order valence-electron chi connectivity index (χ2n) is 10.9. The van der Waals surface area contributed by atoms with Crippen molar-refractivity contribution in [2.45, 2.75) is 98.1 Å². The largest absolute Gasteiger partial charge is 0.300 e. The molecule has 0 spiro atoms. The molecule has 3 nitrogen and oxygen atoms in total. The third-order valence-electron chi connectivity index (χ3n) is 8.41. The molecule has 3 aromatic carbocycles. The molecule has 3 heterocycles. The second kappa shape index (κ2) is 10.0. The van der Waals surface area contributed by atoms with Gasteiger partial charge in [-0.25, -0.2) is 5.01 Å². The first-order valence-corrected chi connectivity index (χ1v) is 14.6. The Kier molecular flexibility index (Phi) is 6.91. The fourth-order valence-corrected chi connectivity index (χ4v) is 6.80. The normalized spacial score (nSPS) is 20.2. The summed E-state index contributed by atoms with van der Waals surface area (Å²) in [5.41, 5.74) is 10.8. The maximum absolute atomic E-state index is 5.33. The first-order chi connectivity index (χ1) is 18.0. The number of aryl methyl sites for hydroxylation is 1. The lowest BCUT2D eigenvalue weighted by Gasteiger charge is -2.35. The van der Waals surface area contributed by atoms with Crippen LogP contribution in [0.4, 0.5) is 11.4 Å². The third-order valence-corrected chi connectivity index (χ3v) is 8.41. The summed E-state index contributed by atoms with van der Waals surface area (Å²) in [6.07, 6.45) is 6.90. The van der Waals surface area contributed by atoms with Gasteiger partial charge in [-0.15, -0.1) is 0 Å². The van der Waals surface area contributed by atoms with E-state index in [4.69, 9.17) is 5.10 Å². The van der Waals surface area contributed by atoms with Gasteiger partial charge in [0, 0.05) is 16.5 Å². The predicted molar refractivity (Wildman–Crippen MR) is 160 cm³/mol. The first kappa shape index (κ1) is 25.6. The van der Waals surface area contributed by atoms with E-state index in [2.05, 4.69) is 91.3 Å². The summed E-state index contributed by atoms with van der Waals surface area (Å²) in [4.78, 5) is 2.55. The molecule has 194 valence electrons. The number of hydrogen-bond acceptors (Lipinski definition) is 3. The second-order valence-corrected chi connectivity index (χ2v) is 10.9. The third kappa shape index (κ3) is 3.90. The van der Waals surface area contributed by atoms with E-state index in [9.17, 15) is 0 Å². The molecule has 37 heavy (non-hydrogen) atoms. The minimum Gasteiger partial charge on any atom is -0.300 e. The molecule has 1 fully saturated rings. The Labute approximate surface area is 224 Å². The van der Waals surface area contributed by atoms with Crippen LogP contribution >= 0.6 is 0 Å². The number of benzene rings is 3. The van der Waals surface area contributed by atoms with Crippen LogP contribution in [0, 0.1) is 6.92 Å². The quantitative estimate of drug-likeness (QED) is 0.354.